The van der Waals surface area contributed by atoms with Crippen LogP contribution in [0.5, 0.6) is 0 Å². The van der Waals surface area contributed by atoms with Crippen molar-refractivity contribution in [2.75, 3.05) is 13.7 Å². The number of hydrogen-bond acceptors (Lipinski definition) is 4. The van der Waals surface area contributed by atoms with Gasteiger partial charge in [-0.2, -0.15) is 0 Å². The molecule has 1 unspecified atom stereocenters. The van der Waals surface area contributed by atoms with E-state index in [1.165, 1.54) is 7.11 Å². The predicted octanol–water partition coefficient (Wildman–Crippen LogP) is 1.81. The molecule has 0 spiro atoms. The van der Waals surface area contributed by atoms with Crippen molar-refractivity contribution in [2.45, 2.75) is 25.3 Å². The second-order valence-corrected chi connectivity index (χ2v) is 5.41. The van der Waals surface area contributed by atoms with Gasteiger partial charge in [-0.15, -0.1) is 12.4 Å². The lowest BCUT2D eigenvalue weighted by Crippen LogP contribution is -2.40. The second kappa shape index (κ2) is 8.76. The summed E-state index contributed by atoms with van der Waals surface area (Å²) in [7, 11) is 1.32. The molecule has 1 aliphatic rings. The first kappa shape index (κ1) is 18.5. The van der Waals surface area contributed by atoms with Gasteiger partial charge in [-0.1, -0.05) is 36.8 Å². The first-order chi connectivity index (χ1) is 10.2. The largest absolute Gasteiger partial charge is 0.467 e. The summed E-state index contributed by atoms with van der Waals surface area (Å²) < 4.78 is 4.81. The zero-order valence-electron chi connectivity index (χ0n) is 12.7. The van der Waals surface area contributed by atoms with E-state index >= 15 is 0 Å². The fourth-order valence-electron chi connectivity index (χ4n) is 2.96. The molecule has 22 heavy (non-hydrogen) atoms. The molecule has 0 aromatic heterocycles. The first-order valence-corrected chi connectivity index (χ1v) is 7.30. The maximum atomic E-state index is 12.4. The molecule has 3 atom stereocenters. The number of benzene rings is 1. The van der Waals surface area contributed by atoms with Gasteiger partial charge in [0.05, 0.1) is 7.11 Å². The van der Waals surface area contributed by atoms with Crippen molar-refractivity contribution in [3.63, 3.8) is 0 Å². The van der Waals surface area contributed by atoms with Gasteiger partial charge in [0.1, 0.15) is 0 Å². The van der Waals surface area contributed by atoms with Gasteiger partial charge in [0.25, 0.3) is 0 Å². The van der Waals surface area contributed by atoms with E-state index < -0.39 is 12.0 Å². The van der Waals surface area contributed by atoms with Gasteiger partial charge in [-0.05, 0) is 30.9 Å². The van der Waals surface area contributed by atoms with Crippen LogP contribution < -0.4 is 11.1 Å². The van der Waals surface area contributed by atoms with Gasteiger partial charge in [0.2, 0.25) is 5.91 Å². The normalized spacial score (nSPS) is 21.5. The summed E-state index contributed by atoms with van der Waals surface area (Å²) in [5.41, 5.74) is 6.44. The molecule has 0 saturated heterocycles. The van der Waals surface area contributed by atoms with Crippen LogP contribution in [0.15, 0.2) is 30.3 Å². The summed E-state index contributed by atoms with van der Waals surface area (Å²) in [5, 5.41) is 2.82. The number of hydrogen-bond donors (Lipinski definition) is 2. The van der Waals surface area contributed by atoms with Crippen molar-refractivity contribution in [3.05, 3.63) is 35.9 Å². The monoisotopic (exact) mass is 326 g/mol. The van der Waals surface area contributed by atoms with E-state index in [0.717, 1.165) is 24.8 Å². The van der Waals surface area contributed by atoms with Crippen LogP contribution in [0.3, 0.4) is 0 Å². The molecule has 5 nitrogen and oxygen atoms in total. The Morgan fingerprint density at radius 1 is 1.32 bits per heavy atom. The molecule has 1 saturated carbocycles. The molecule has 1 amide bonds. The summed E-state index contributed by atoms with van der Waals surface area (Å²) in [4.78, 5) is 24.4. The zero-order chi connectivity index (χ0) is 15.2. The molecule has 1 aromatic rings. The number of esters is 1. The topological polar surface area (TPSA) is 81.4 Å². The molecule has 2 rings (SSSR count). The number of carbonyl (C=O) groups is 2. The Bertz CT molecular complexity index is 495. The maximum Gasteiger partial charge on any atom is 0.333 e. The molecule has 0 heterocycles. The number of halogens is 1. The van der Waals surface area contributed by atoms with E-state index in [2.05, 4.69) is 5.32 Å². The number of nitrogens with one attached hydrogen (secondary N) is 1. The van der Waals surface area contributed by atoms with Gasteiger partial charge in [-0.3, -0.25) is 4.79 Å². The van der Waals surface area contributed by atoms with Crippen LogP contribution in [0.4, 0.5) is 0 Å². The summed E-state index contributed by atoms with van der Waals surface area (Å²) in [6.07, 6.45) is 2.81. The first-order valence-electron chi connectivity index (χ1n) is 7.30. The van der Waals surface area contributed by atoms with Crippen molar-refractivity contribution >= 4 is 24.3 Å². The Balaban J connectivity index is 0.00000242. The van der Waals surface area contributed by atoms with E-state index in [-0.39, 0.29) is 30.2 Å². The highest BCUT2D eigenvalue weighted by Gasteiger charge is 2.34. The van der Waals surface area contributed by atoms with Crippen molar-refractivity contribution in [1.29, 1.82) is 0 Å². The van der Waals surface area contributed by atoms with Crippen LogP contribution in [-0.2, 0) is 14.3 Å². The maximum absolute atomic E-state index is 12.4. The van der Waals surface area contributed by atoms with Crippen LogP contribution in [0.2, 0.25) is 0 Å². The lowest BCUT2D eigenvalue weighted by Gasteiger charge is -2.22. The molecule has 122 valence electrons. The number of carbonyl (C=O) groups excluding carboxylic acids is 2. The van der Waals surface area contributed by atoms with Crippen molar-refractivity contribution in [3.8, 4) is 0 Å². The molecule has 3 N–H and O–H groups in total. The Morgan fingerprint density at radius 2 is 2.00 bits per heavy atom. The second-order valence-electron chi connectivity index (χ2n) is 5.41. The molecule has 0 bridgehead atoms. The average molecular weight is 327 g/mol. The van der Waals surface area contributed by atoms with E-state index in [1.807, 2.05) is 18.2 Å². The molecule has 0 radical (unpaired) electrons. The minimum atomic E-state index is -0.761. The molecular formula is C16H23ClN2O3. The number of amides is 1. The van der Waals surface area contributed by atoms with Gasteiger partial charge >= 0.3 is 5.97 Å². The van der Waals surface area contributed by atoms with E-state index in [1.54, 1.807) is 12.1 Å². The molecule has 6 heteroatoms. The highest BCUT2D eigenvalue weighted by atomic mass is 35.5. The molecule has 0 aliphatic heterocycles. The lowest BCUT2D eigenvalue weighted by atomic mass is 9.94. The SMILES string of the molecule is COC(=O)C(NC(=O)[C@@H]1CCC[C@@H]1CN)c1ccccc1.Cl. The average Bonchev–Trinajstić information content (AvgIpc) is 3.01. The highest BCUT2D eigenvalue weighted by molar-refractivity contribution is 5.87. The smallest absolute Gasteiger partial charge is 0.333 e. The molecule has 1 aliphatic carbocycles. The predicted molar refractivity (Wildman–Crippen MR) is 86.5 cm³/mol. The Morgan fingerprint density at radius 3 is 2.59 bits per heavy atom. The van der Waals surface area contributed by atoms with Crippen LogP contribution in [0.25, 0.3) is 0 Å². The van der Waals surface area contributed by atoms with Gasteiger partial charge < -0.3 is 15.8 Å². The zero-order valence-corrected chi connectivity index (χ0v) is 13.5. The summed E-state index contributed by atoms with van der Waals surface area (Å²) in [5.74, 6) is -0.469. The van der Waals surface area contributed by atoms with E-state index in [4.69, 9.17) is 10.5 Å². The third-order valence-corrected chi connectivity index (χ3v) is 4.15. The summed E-state index contributed by atoms with van der Waals surface area (Å²) in [6.45, 7) is 0.506. The van der Waals surface area contributed by atoms with Crippen molar-refractivity contribution in [2.24, 2.45) is 17.6 Å². The lowest BCUT2D eigenvalue weighted by molar-refractivity contribution is -0.146. The van der Waals surface area contributed by atoms with Crippen molar-refractivity contribution < 1.29 is 14.3 Å². The quantitative estimate of drug-likeness (QED) is 0.809. The molecular weight excluding hydrogens is 304 g/mol. The minimum absolute atomic E-state index is 0. The highest BCUT2D eigenvalue weighted by Crippen LogP contribution is 2.31. The third kappa shape index (κ3) is 4.21. The van der Waals surface area contributed by atoms with Crippen LogP contribution in [-0.4, -0.2) is 25.5 Å². The van der Waals surface area contributed by atoms with Crippen LogP contribution in [0.1, 0.15) is 30.9 Å². The Hall–Kier alpha value is -1.59. The number of nitrogens with two attached hydrogens (primary N) is 1. The van der Waals surface area contributed by atoms with Crippen molar-refractivity contribution in [1.82, 2.24) is 5.32 Å². The fourth-order valence-corrected chi connectivity index (χ4v) is 2.96. The molecule has 1 aromatic carbocycles. The van der Waals surface area contributed by atoms with Gasteiger partial charge in [0, 0.05) is 5.92 Å². The third-order valence-electron chi connectivity index (χ3n) is 4.15. The molecule has 1 fully saturated rings. The number of methoxy groups -OCH3 is 1. The van der Waals surface area contributed by atoms with E-state index in [0.29, 0.717) is 6.54 Å². The number of ether oxygens (including phenoxy) is 1. The van der Waals surface area contributed by atoms with Gasteiger partial charge in [0.15, 0.2) is 6.04 Å². The number of rotatable bonds is 5. The standard InChI is InChI=1S/C16H22N2O3.ClH/c1-21-16(20)14(11-6-3-2-4-7-11)18-15(19)13-9-5-8-12(13)10-17;/h2-4,6-7,12-14H,5,8-10,17H2,1H3,(H,18,19);1H/t12-,13-,14?;/m1./s1. The van der Waals surface area contributed by atoms with Crippen LogP contribution >= 0.6 is 12.4 Å². The Labute approximate surface area is 137 Å². The Kier molecular flexibility index (Phi) is 7.35. The van der Waals surface area contributed by atoms with E-state index in [9.17, 15) is 9.59 Å². The summed E-state index contributed by atoms with van der Waals surface area (Å²) >= 11 is 0. The minimum Gasteiger partial charge on any atom is -0.467 e. The fraction of sp³-hybridized carbons (Fsp3) is 0.500. The van der Waals surface area contributed by atoms with Crippen LogP contribution in [0, 0.1) is 11.8 Å². The summed E-state index contributed by atoms with van der Waals surface area (Å²) in [6, 6.07) is 8.36. The van der Waals surface area contributed by atoms with Gasteiger partial charge in [-0.25, -0.2) is 4.79 Å².